The highest BCUT2D eigenvalue weighted by Gasteiger charge is 2.25. The van der Waals surface area contributed by atoms with Crippen LogP contribution in [0.3, 0.4) is 0 Å². The molecule has 0 saturated carbocycles. The summed E-state index contributed by atoms with van der Waals surface area (Å²) in [5.74, 6) is 0.605. The molecule has 2 atom stereocenters. The molecule has 1 N–H and O–H groups in total. The van der Waals surface area contributed by atoms with E-state index in [0.717, 1.165) is 19.6 Å². The smallest absolute Gasteiger partial charge is 0.0862 e. The summed E-state index contributed by atoms with van der Waals surface area (Å²) in [6.07, 6.45) is 4.45. The van der Waals surface area contributed by atoms with E-state index in [-0.39, 0.29) is 6.10 Å². The highest BCUT2D eigenvalue weighted by atomic mass is 16.3. The van der Waals surface area contributed by atoms with E-state index in [0.29, 0.717) is 12.5 Å². The van der Waals surface area contributed by atoms with Crippen LogP contribution in [0.2, 0.25) is 0 Å². The van der Waals surface area contributed by atoms with Gasteiger partial charge in [0.15, 0.2) is 0 Å². The van der Waals surface area contributed by atoms with Crippen LogP contribution in [-0.2, 0) is 6.54 Å². The minimum Gasteiger partial charge on any atom is -0.390 e. The molecule has 0 bridgehead atoms. The fourth-order valence-corrected chi connectivity index (χ4v) is 2.98. The molecule has 1 aliphatic heterocycles. The van der Waals surface area contributed by atoms with Gasteiger partial charge in [0.1, 0.15) is 0 Å². The number of hydrogen-bond acceptors (Lipinski definition) is 3. The molecule has 20 heavy (non-hydrogen) atoms. The van der Waals surface area contributed by atoms with Gasteiger partial charge in [-0.15, -0.1) is 0 Å². The molecular formula is C16H21N3O. The van der Waals surface area contributed by atoms with Gasteiger partial charge in [0.2, 0.25) is 0 Å². The van der Waals surface area contributed by atoms with Crippen LogP contribution >= 0.6 is 0 Å². The van der Waals surface area contributed by atoms with Gasteiger partial charge in [-0.05, 0) is 30.5 Å². The van der Waals surface area contributed by atoms with Crippen LogP contribution in [-0.4, -0.2) is 45.5 Å². The maximum Gasteiger partial charge on any atom is 0.0862 e. The quantitative estimate of drug-likeness (QED) is 0.900. The SMILES string of the molecule is OC(CN1CCC(c2ccccc2)C1)Cn1cccn1. The van der Waals surface area contributed by atoms with Crippen LogP contribution in [0.4, 0.5) is 0 Å². The first-order valence-corrected chi connectivity index (χ1v) is 7.24. The van der Waals surface area contributed by atoms with Gasteiger partial charge in [0.05, 0.1) is 12.6 Å². The molecule has 0 spiro atoms. The summed E-state index contributed by atoms with van der Waals surface area (Å²) in [5.41, 5.74) is 1.41. The molecule has 1 aliphatic rings. The molecule has 2 unspecified atom stereocenters. The Bertz CT molecular complexity index is 512. The Balaban J connectivity index is 1.50. The highest BCUT2D eigenvalue weighted by molar-refractivity contribution is 5.20. The van der Waals surface area contributed by atoms with Crippen molar-refractivity contribution in [1.82, 2.24) is 14.7 Å². The molecule has 0 amide bonds. The number of aromatic nitrogens is 2. The van der Waals surface area contributed by atoms with Gasteiger partial charge < -0.3 is 10.0 Å². The van der Waals surface area contributed by atoms with E-state index in [1.807, 2.05) is 12.3 Å². The molecule has 0 radical (unpaired) electrons. The van der Waals surface area contributed by atoms with Crippen molar-refractivity contribution in [2.45, 2.75) is 25.0 Å². The standard InChI is InChI=1S/C16H21N3O/c20-16(13-19-9-4-8-17-19)12-18-10-7-15(11-18)14-5-2-1-3-6-14/h1-6,8-9,15-16,20H,7,10-13H2. The Morgan fingerprint density at radius 2 is 2.05 bits per heavy atom. The number of rotatable bonds is 5. The van der Waals surface area contributed by atoms with Crippen LogP contribution in [0.15, 0.2) is 48.8 Å². The number of benzene rings is 1. The third-order valence-corrected chi connectivity index (χ3v) is 3.97. The summed E-state index contributed by atoms with van der Waals surface area (Å²) >= 11 is 0. The monoisotopic (exact) mass is 271 g/mol. The molecule has 4 nitrogen and oxygen atoms in total. The van der Waals surface area contributed by atoms with Crippen LogP contribution in [0.5, 0.6) is 0 Å². The Morgan fingerprint density at radius 1 is 1.20 bits per heavy atom. The summed E-state index contributed by atoms with van der Waals surface area (Å²) in [5, 5.41) is 14.3. The Kier molecular flexibility index (Phi) is 4.14. The van der Waals surface area contributed by atoms with Crippen molar-refractivity contribution in [3.8, 4) is 0 Å². The van der Waals surface area contributed by atoms with E-state index in [1.165, 1.54) is 12.0 Å². The van der Waals surface area contributed by atoms with Crippen LogP contribution in [0.25, 0.3) is 0 Å². The summed E-state index contributed by atoms with van der Waals surface area (Å²) in [6.45, 7) is 3.40. The zero-order valence-electron chi connectivity index (χ0n) is 11.6. The molecular weight excluding hydrogens is 250 g/mol. The van der Waals surface area contributed by atoms with E-state index in [4.69, 9.17) is 0 Å². The largest absolute Gasteiger partial charge is 0.390 e. The Morgan fingerprint density at radius 3 is 2.80 bits per heavy atom. The lowest BCUT2D eigenvalue weighted by atomic mass is 9.99. The number of β-amino-alcohol motifs (C(OH)–C–C–N with tert-alkyl or cyclic N) is 1. The molecule has 3 rings (SSSR count). The van der Waals surface area contributed by atoms with Gasteiger partial charge >= 0.3 is 0 Å². The van der Waals surface area contributed by atoms with Gasteiger partial charge in [-0.3, -0.25) is 4.68 Å². The molecule has 0 aliphatic carbocycles. The predicted octanol–water partition coefficient (Wildman–Crippen LogP) is 1.73. The van der Waals surface area contributed by atoms with Gasteiger partial charge in [-0.2, -0.15) is 5.10 Å². The highest BCUT2D eigenvalue weighted by Crippen LogP contribution is 2.26. The summed E-state index contributed by atoms with van der Waals surface area (Å²) in [6, 6.07) is 12.6. The summed E-state index contributed by atoms with van der Waals surface area (Å²) in [4.78, 5) is 2.35. The zero-order chi connectivity index (χ0) is 13.8. The first-order valence-electron chi connectivity index (χ1n) is 7.24. The second kappa shape index (κ2) is 6.20. The van der Waals surface area contributed by atoms with E-state index < -0.39 is 0 Å². The number of likely N-dealkylation sites (tertiary alicyclic amines) is 1. The number of nitrogens with zero attached hydrogens (tertiary/aromatic N) is 3. The Hall–Kier alpha value is -1.65. The third kappa shape index (κ3) is 3.26. The van der Waals surface area contributed by atoms with Crippen molar-refractivity contribution < 1.29 is 5.11 Å². The third-order valence-electron chi connectivity index (χ3n) is 3.97. The normalized spacial score (nSPS) is 21.1. The minimum absolute atomic E-state index is 0.357. The minimum atomic E-state index is -0.357. The molecule has 1 aromatic carbocycles. The van der Waals surface area contributed by atoms with Gasteiger partial charge in [0, 0.05) is 25.5 Å². The maximum absolute atomic E-state index is 10.1. The van der Waals surface area contributed by atoms with Gasteiger partial charge in [-0.25, -0.2) is 0 Å². The lowest BCUT2D eigenvalue weighted by molar-refractivity contribution is 0.105. The van der Waals surface area contributed by atoms with Crippen molar-refractivity contribution in [3.05, 3.63) is 54.4 Å². The summed E-state index contributed by atoms with van der Waals surface area (Å²) < 4.78 is 1.79. The van der Waals surface area contributed by atoms with Gasteiger partial charge in [0.25, 0.3) is 0 Å². The fraction of sp³-hybridized carbons (Fsp3) is 0.438. The van der Waals surface area contributed by atoms with E-state index in [2.05, 4.69) is 40.3 Å². The second-order valence-corrected chi connectivity index (χ2v) is 5.54. The number of hydrogen-bond donors (Lipinski definition) is 1. The van der Waals surface area contributed by atoms with Crippen molar-refractivity contribution in [1.29, 1.82) is 0 Å². The van der Waals surface area contributed by atoms with Crippen molar-refractivity contribution in [2.75, 3.05) is 19.6 Å². The van der Waals surface area contributed by atoms with E-state index >= 15 is 0 Å². The average molecular weight is 271 g/mol. The van der Waals surface area contributed by atoms with Crippen LogP contribution in [0.1, 0.15) is 17.9 Å². The second-order valence-electron chi connectivity index (χ2n) is 5.54. The van der Waals surface area contributed by atoms with Crippen molar-refractivity contribution in [2.24, 2.45) is 0 Å². The van der Waals surface area contributed by atoms with Crippen molar-refractivity contribution in [3.63, 3.8) is 0 Å². The van der Waals surface area contributed by atoms with E-state index in [1.54, 1.807) is 10.9 Å². The molecule has 1 saturated heterocycles. The number of aliphatic hydroxyl groups excluding tert-OH is 1. The lowest BCUT2D eigenvalue weighted by Gasteiger charge is -2.20. The lowest BCUT2D eigenvalue weighted by Crippen LogP contribution is -2.33. The molecule has 1 aromatic heterocycles. The summed E-state index contributed by atoms with van der Waals surface area (Å²) in [7, 11) is 0. The molecule has 2 aromatic rings. The van der Waals surface area contributed by atoms with Crippen LogP contribution in [0, 0.1) is 0 Å². The topological polar surface area (TPSA) is 41.3 Å². The maximum atomic E-state index is 10.1. The molecule has 106 valence electrons. The molecule has 2 heterocycles. The van der Waals surface area contributed by atoms with E-state index in [9.17, 15) is 5.11 Å². The fourth-order valence-electron chi connectivity index (χ4n) is 2.98. The molecule has 1 fully saturated rings. The average Bonchev–Trinajstić information content (AvgIpc) is 3.11. The van der Waals surface area contributed by atoms with Crippen LogP contribution < -0.4 is 0 Å². The predicted molar refractivity (Wildman–Crippen MR) is 78.5 cm³/mol. The first kappa shape index (κ1) is 13.3. The van der Waals surface area contributed by atoms with Gasteiger partial charge in [-0.1, -0.05) is 30.3 Å². The Labute approximate surface area is 119 Å². The van der Waals surface area contributed by atoms with Crippen molar-refractivity contribution >= 4 is 0 Å². The zero-order valence-corrected chi connectivity index (χ0v) is 11.6. The number of aliphatic hydroxyl groups is 1. The first-order chi connectivity index (χ1) is 9.81. The molecule has 4 heteroatoms.